The quantitative estimate of drug-likeness (QED) is 0.626. The van der Waals surface area contributed by atoms with Crippen molar-refractivity contribution in [3.05, 3.63) is 63.7 Å². The number of nitro benzene ring substituents is 1. The fourth-order valence-corrected chi connectivity index (χ4v) is 2.61. The number of para-hydroxylation sites is 1. The van der Waals surface area contributed by atoms with Gasteiger partial charge in [0.25, 0.3) is 5.69 Å². The molecule has 0 saturated heterocycles. The van der Waals surface area contributed by atoms with E-state index >= 15 is 0 Å². The van der Waals surface area contributed by atoms with Crippen LogP contribution in [0.5, 0.6) is 0 Å². The van der Waals surface area contributed by atoms with Crippen LogP contribution in [0, 0.1) is 28.4 Å². The van der Waals surface area contributed by atoms with E-state index in [0.29, 0.717) is 10.5 Å². The Kier molecular flexibility index (Phi) is 3.83. The van der Waals surface area contributed by atoms with Gasteiger partial charge in [0.2, 0.25) is 0 Å². The second-order valence-corrected chi connectivity index (χ2v) is 5.02. The lowest BCUT2D eigenvalue weighted by atomic mass is 10.2. The second kappa shape index (κ2) is 5.55. The standard InChI is InChI=1S/C14H10N2O2S/c1-10-6-7-13(11(8-10)9-15)19-14-5-3-2-4-12(14)16(17)18/h2-8H,1H3. The van der Waals surface area contributed by atoms with Gasteiger partial charge in [-0.25, -0.2) is 0 Å². The highest BCUT2D eigenvalue weighted by Gasteiger charge is 2.15. The van der Waals surface area contributed by atoms with Crippen molar-refractivity contribution < 1.29 is 4.92 Å². The third kappa shape index (κ3) is 2.92. The van der Waals surface area contributed by atoms with Crippen LogP contribution < -0.4 is 0 Å². The first-order chi connectivity index (χ1) is 9.11. The molecule has 4 nitrogen and oxygen atoms in total. The van der Waals surface area contributed by atoms with Crippen LogP contribution in [-0.4, -0.2) is 4.92 Å². The summed E-state index contributed by atoms with van der Waals surface area (Å²) in [5, 5.41) is 20.0. The highest BCUT2D eigenvalue weighted by molar-refractivity contribution is 7.99. The molecule has 2 rings (SSSR count). The van der Waals surface area contributed by atoms with Gasteiger partial charge in [-0.05, 0) is 30.7 Å². The molecular weight excluding hydrogens is 260 g/mol. The number of benzene rings is 2. The van der Waals surface area contributed by atoms with E-state index in [-0.39, 0.29) is 5.69 Å². The molecule has 0 heterocycles. The Morgan fingerprint density at radius 3 is 2.63 bits per heavy atom. The van der Waals surface area contributed by atoms with E-state index in [2.05, 4.69) is 6.07 Å². The molecule has 0 fully saturated rings. The Bertz CT molecular complexity index is 677. The maximum Gasteiger partial charge on any atom is 0.283 e. The monoisotopic (exact) mass is 270 g/mol. The maximum absolute atomic E-state index is 10.9. The second-order valence-electron chi connectivity index (χ2n) is 3.94. The molecule has 0 radical (unpaired) electrons. The van der Waals surface area contributed by atoms with Crippen molar-refractivity contribution in [1.29, 1.82) is 5.26 Å². The Hall–Kier alpha value is -2.32. The van der Waals surface area contributed by atoms with Crippen LogP contribution in [0.2, 0.25) is 0 Å². The van der Waals surface area contributed by atoms with E-state index < -0.39 is 4.92 Å². The molecule has 0 spiro atoms. The minimum Gasteiger partial charge on any atom is -0.258 e. The molecule has 0 aliphatic heterocycles. The van der Waals surface area contributed by atoms with Gasteiger partial charge >= 0.3 is 0 Å². The van der Waals surface area contributed by atoms with Crippen LogP contribution >= 0.6 is 11.8 Å². The van der Waals surface area contributed by atoms with Crippen molar-refractivity contribution >= 4 is 17.4 Å². The maximum atomic E-state index is 10.9. The van der Waals surface area contributed by atoms with E-state index in [1.165, 1.54) is 17.8 Å². The number of nitrogens with zero attached hydrogens (tertiary/aromatic N) is 2. The summed E-state index contributed by atoms with van der Waals surface area (Å²) in [4.78, 5) is 11.8. The minimum absolute atomic E-state index is 0.0527. The number of nitriles is 1. The zero-order chi connectivity index (χ0) is 13.8. The number of nitro groups is 1. The van der Waals surface area contributed by atoms with Gasteiger partial charge in [-0.1, -0.05) is 30.0 Å². The van der Waals surface area contributed by atoms with Gasteiger partial charge in [0.05, 0.1) is 15.4 Å². The number of aryl methyl sites for hydroxylation is 1. The summed E-state index contributed by atoms with van der Waals surface area (Å²) in [5.74, 6) is 0. The largest absolute Gasteiger partial charge is 0.283 e. The van der Waals surface area contributed by atoms with Gasteiger partial charge in [-0.2, -0.15) is 5.26 Å². The highest BCUT2D eigenvalue weighted by atomic mass is 32.2. The average molecular weight is 270 g/mol. The van der Waals surface area contributed by atoms with E-state index in [4.69, 9.17) is 5.26 Å². The predicted molar refractivity (Wildman–Crippen MR) is 73.1 cm³/mol. The van der Waals surface area contributed by atoms with Crippen molar-refractivity contribution in [1.82, 2.24) is 0 Å². The van der Waals surface area contributed by atoms with E-state index in [9.17, 15) is 10.1 Å². The molecule has 0 aliphatic rings. The molecule has 0 amide bonds. The van der Waals surface area contributed by atoms with Crippen molar-refractivity contribution in [2.75, 3.05) is 0 Å². The number of hydrogen-bond donors (Lipinski definition) is 0. The lowest BCUT2D eigenvalue weighted by Crippen LogP contribution is -1.91. The fourth-order valence-electron chi connectivity index (χ4n) is 1.63. The molecule has 0 aromatic heterocycles. The van der Waals surface area contributed by atoms with Crippen LogP contribution in [0.1, 0.15) is 11.1 Å². The summed E-state index contributed by atoms with van der Waals surface area (Å²) < 4.78 is 0. The van der Waals surface area contributed by atoms with Gasteiger partial charge < -0.3 is 0 Å². The molecule has 0 unspecified atom stereocenters. The summed E-state index contributed by atoms with van der Waals surface area (Å²) in [6, 6.07) is 14.1. The molecule has 0 saturated carbocycles. The zero-order valence-electron chi connectivity index (χ0n) is 10.2. The van der Waals surface area contributed by atoms with Gasteiger partial charge in [0.15, 0.2) is 0 Å². The molecule has 0 aliphatic carbocycles. The van der Waals surface area contributed by atoms with Crippen LogP contribution in [0.4, 0.5) is 5.69 Å². The average Bonchev–Trinajstić information content (AvgIpc) is 2.41. The molecule has 0 atom stereocenters. The summed E-state index contributed by atoms with van der Waals surface area (Å²) in [5.41, 5.74) is 1.57. The van der Waals surface area contributed by atoms with Crippen molar-refractivity contribution in [3.8, 4) is 6.07 Å². The van der Waals surface area contributed by atoms with E-state index in [0.717, 1.165) is 10.5 Å². The van der Waals surface area contributed by atoms with E-state index in [1.54, 1.807) is 24.3 Å². The topological polar surface area (TPSA) is 66.9 Å². The minimum atomic E-state index is -0.414. The number of rotatable bonds is 3. The van der Waals surface area contributed by atoms with Crippen LogP contribution in [0.15, 0.2) is 52.3 Å². The highest BCUT2D eigenvalue weighted by Crippen LogP contribution is 2.36. The third-order valence-electron chi connectivity index (χ3n) is 2.54. The molecule has 5 heteroatoms. The zero-order valence-corrected chi connectivity index (χ0v) is 11.0. The van der Waals surface area contributed by atoms with Crippen LogP contribution in [-0.2, 0) is 0 Å². The van der Waals surface area contributed by atoms with Gasteiger partial charge in [0, 0.05) is 11.0 Å². The Balaban J connectivity index is 2.43. The Morgan fingerprint density at radius 2 is 1.95 bits per heavy atom. The van der Waals surface area contributed by atoms with Gasteiger partial charge in [-0.3, -0.25) is 10.1 Å². The summed E-state index contributed by atoms with van der Waals surface area (Å²) >= 11 is 1.24. The van der Waals surface area contributed by atoms with Crippen molar-refractivity contribution in [2.24, 2.45) is 0 Å². The molecule has 2 aromatic rings. The fraction of sp³-hybridized carbons (Fsp3) is 0.0714. The lowest BCUT2D eigenvalue weighted by Gasteiger charge is -2.05. The third-order valence-corrected chi connectivity index (χ3v) is 3.68. The van der Waals surface area contributed by atoms with Crippen molar-refractivity contribution in [2.45, 2.75) is 16.7 Å². The lowest BCUT2D eigenvalue weighted by molar-refractivity contribution is -0.387. The first kappa shape index (κ1) is 13.1. The molecule has 0 N–H and O–H groups in total. The Morgan fingerprint density at radius 1 is 1.21 bits per heavy atom. The van der Waals surface area contributed by atoms with Crippen molar-refractivity contribution in [3.63, 3.8) is 0 Å². The molecule has 0 bridgehead atoms. The molecular formula is C14H10N2O2S. The molecule has 94 valence electrons. The first-order valence-electron chi connectivity index (χ1n) is 5.54. The number of hydrogen-bond acceptors (Lipinski definition) is 4. The van der Waals surface area contributed by atoms with Crippen LogP contribution in [0.25, 0.3) is 0 Å². The van der Waals surface area contributed by atoms with Gasteiger partial charge in [-0.15, -0.1) is 0 Å². The predicted octanol–water partition coefficient (Wildman–Crippen LogP) is 3.93. The van der Waals surface area contributed by atoms with E-state index in [1.807, 2.05) is 19.1 Å². The Labute approximate surface area is 114 Å². The summed E-state index contributed by atoms with van der Waals surface area (Å²) in [6.45, 7) is 1.90. The first-order valence-corrected chi connectivity index (χ1v) is 6.35. The SMILES string of the molecule is Cc1ccc(Sc2ccccc2[N+](=O)[O-])c(C#N)c1. The normalized spacial score (nSPS) is 9.89. The van der Waals surface area contributed by atoms with Crippen LogP contribution in [0.3, 0.4) is 0 Å². The summed E-state index contributed by atoms with van der Waals surface area (Å²) in [7, 11) is 0. The smallest absolute Gasteiger partial charge is 0.258 e. The molecule has 2 aromatic carbocycles. The molecule has 19 heavy (non-hydrogen) atoms. The van der Waals surface area contributed by atoms with Gasteiger partial charge in [0.1, 0.15) is 6.07 Å². The summed E-state index contributed by atoms with van der Waals surface area (Å²) in [6.07, 6.45) is 0.